The van der Waals surface area contributed by atoms with Crippen molar-refractivity contribution in [3.63, 3.8) is 0 Å². The second-order valence-electron chi connectivity index (χ2n) is 8.02. The van der Waals surface area contributed by atoms with Gasteiger partial charge >= 0.3 is 12.1 Å². The molecule has 1 aliphatic rings. The lowest BCUT2D eigenvalue weighted by Gasteiger charge is -2.19. The van der Waals surface area contributed by atoms with Crippen LogP contribution in [0.1, 0.15) is 36.8 Å². The Kier molecular flexibility index (Phi) is 6.83. The standard InChI is InChI=1S/C24H22F3NO5S2/c1-2-33-18-7-8-20-19(13-18)16(6-10-22(29)30)14-28(20)35(31,32)23-11-9-21(34-23)15-4-3-5-17(12-15)24(25,26)27/h3-5,7-9,11-13,16H,2,6,10,14H2,1H3,(H,29,30). The van der Waals surface area contributed by atoms with E-state index in [0.29, 0.717) is 28.5 Å². The predicted octanol–water partition coefficient (Wildman–Crippen LogP) is 5.99. The van der Waals surface area contributed by atoms with E-state index in [1.165, 1.54) is 28.6 Å². The van der Waals surface area contributed by atoms with Crippen molar-refractivity contribution < 1.29 is 36.2 Å². The Balaban J connectivity index is 1.68. The number of alkyl halides is 3. The van der Waals surface area contributed by atoms with Gasteiger partial charge in [-0.1, -0.05) is 12.1 Å². The number of carboxylic acid groups (broad SMARTS) is 1. The summed E-state index contributed by atoms with van der Waals surface area (Å²) in [4.78, 5) is 11.5. The van der Waals surface area contributed by atoms with Gasteiger partial charge < -0.3 is 9.84 Å². The third kappa shape index (κ3) is 5.15. The number of ether oxygens (including phenoxy) is 1. The number of thiophene rings is 1. The molecule has 0 saturated heterocycles. The van der Waals surface area contributed by atoms with Crippen LogP contribution in [0.15, 0.2) is 58.8 Å². The van der Waals surface area contributed by atoms with E-state index in [9.17, 15) is 26.4 Å². The van der Waals surface area contributed by atoms with E-state index in [0.717, 1.165) is 23.5 Å². The van der Waals surface area contributed by atoms with Crippen LogP contribution in [0, 0.1) is 0 Å². The molecular formula is C24H22F3NO5S2. The molecular weight excluding hydrogens is 503 g/mol. The van der Waals surface area contributed by atoms with Crippen LogP contribution in [0.25, 0.3) is 10.4 Å². The van der Waals surface area contributed by atoms with Gasteiger partial charge in [0.1, 0.15) is 9.96 Å². The topological polar surface area (TPSA) is 83.9 Å². The van der Waals surface area contributed by atoms with Crippen molar-refractivity contribution >= 4 is 33.0 Å². The highest BCUT2D eigenvalue weighted by atomic mass is 32.2. The Hall–Kier alpha value is -3.05. The fourth-order valence-electron chi connectivity index (χ4n) is 4.08. The first-order valence-electron chi connectivity index (χ1n) is 10.8. The van der Waals surface area contributed by atoms with Crippen LogP contribution in [-0.2, 0) is 21.0 Å². The molecule has 1 aromatic heterocycles. The quantitative estimate of drug-likeness (QED) is 0.391. The monoisotopic (exact) mass is 525 g/mol. The zero-order valence-electron chi connectivity index (χ0n) is 18.6. The number of nitrogens with zero attached hydrogens (tertiary/aromatic N) is 1. The van der Waals surface area contributed by atoms with Crippen molar-refractivity contribution in [1.82, 2.24) is 0 Å². The normalized spacial score (nSPS) is 15.8. The summed E-state index contributed by atoms with van der Waals surface area (Å²) in [5.41, 5.74) is 0.592. The molecule has 1 aliphatic heterocycles. The molecule has 35 heavy (non-hydrogen) atoms. The van der Waals surface area contributed by atoms with Crippen molar-refractivity contribution in [3.8, 4) is 16.2 Å². The molecule has 0 aliphatic carbocycles. The number of halogens is 3. The molecule has 1 atom stereocenters. The first kappa shape index (κ1) is 25.1. The van der Waals surface area contributed by atoms with E-state index in [1.54, 1.807) is 18.2 Å². The molecule has 0 amide bonds. The highest BCUT2D eigenvalue weighted by Gasteiger charge is 2.38. The van der Waals surface area contributed by atoms with Gasteiger partial charge in [-0.3, -0.25) is 9.10 Å². The second-order valence-corrected chi connectivity index (χ2v) is 11.2. The van der Waals surface area contributed by atoms with Gasteiger partial charge in [-0.15, -0.1) is 11.3 Å². The minimum atomic E-state index is -4.51. The van der Waals surface area contributed by atoms with E-state index in [1.807, 2.05) is 6.92 Å². The number of aliphatic carboxylic acids is 1. The molecule has 0 saturated carbocycles. The van der Waals surface area contributed by atoms with Gasteiger partial charge in [-0.05, 0) is 66.9 Å². The van der Waals surface area contributed by atoms with E-state index in [4.69, 9.17) is 9.84 Å². The second kappa shape index (κ2) is 9.54. The van der Waals surface area contributed by atoms with Crippen molar-refractivity contribution in [2.75, 3.05) is 17.5 Å². The van der Waals surface area contributed by atoms with Crippen molar-refractivity contribution in [1.29, 1.82) is 0 Å². The predicted molar refractivity (Wildman–Crippen MR) is 127 cm³/mol. The number of sulfonamides is 1. The molecule has 2 heterocycles. The molecule has 4 rings (SSSR count). The average Bonchev–Trinajstić information content (AvgIpc) is 3.44. The van der Waals surface area contributed by atoms with Gasteiger partial charge in [-0.2, -0.15) is 13.2 Å². The van der Waals surface area contributed by atoms with Crippen LogP contribution in [0.4, 0.5) is 18.9 Å². The van der Waals surface area contributed by atoms with Gasteiger partial charge in [0, 0.05) is 23.8 Å². The minimum Gasteiger partial charge on any atom is -0.494 e. The van der Waals surface area contributed by atoms with E-state index in [2.05, 4.69) is 0 Å². The lowest BCUT2D eigenvalue weighted by atomic mass is 9.96. The van der Waals surface area contributed by atoms with Crippen LogP contribution in [0.3, 0.4) is 0 Å². The zero-order valence-corrected chi connectivity index (χ0v) is 20.2. The minimum absolute atomic E-state index is 0.0105. The average molecular weight is 526 g/mol. The molecule has 1 N–H and O–H groups in total. The smallest absolute Gasteiger partial charge is 0.416 e. The summed E-state index contributed by atoms with van der Waals surface area (Å²) >= 11 is 0.889. The summed E-state index contributed by atoms with van der Waals surface area (Å²) in [5.74, 6) is -0.745. The lowest BCUT2D eigenvalue weighted by molar-refractivity contribution is -0.138. The molecule has 11 heteroatoms. The summed E-state index contributed by atoms with van der Waals surface area (Å²) in [5, 5.41) is 9.12. The number of anilines is 1. The highest BCUT2D eigenvalue weighted by molar-refractivity contribution is 7.94. The molecule has 0 radical (unpaired) electrons. The highest BCUT2D eigenvalue weighted by Crippen LogP contribution is 2.45. The fourth-order valence-corrected chi connectivity index (χ4v) is 7.04. The van der Waals surface area contributed by atoms with Crippen LogP contribution < -0.4 is 9.04 Å². The Morgan fingerprint density at radius 1 is 1.17 bits per heavy atom. The first-order valence-corrected chi connectivity index (χ1v) is 13.0. The number of carbonyl (C=O) groups is 1. The number of benzene rings is 2. The summed E-state index contributed by atoms with van der Waals surface area (Å²) < 4.78 is 73.2. The maximum Gasteiger partial charge on any atom is 0.416 e. The summed E-state index contributed by atoms with van der Waals surface area (Å²) in [6.07, 6.45) is -4.37. The number of fused-ring (bicyclic) bond motifs is 1. The number of carboxylic acids is 1. The molecule has 2 aromatic carbocycles. The SMILES string of the molecule is CCOc1ccc2c(c1)C(CCC(=O)O)CN2S(=O)(=O)c1ccc(-c2cccc(C(F)(F)F)c2)s1. The van der Waals surface area contributed by atoms with E-state index < -0.39 is 27.7 Å². The van der Waals surface area contributed by atoms with Crippen molar-refractivity contribution in [2.24, 2.45) is 0 Å². The number of rotatable bonds is 8. The number of hydrogen-bond donors (Lipinski definition) is 1. The first-order chi connectivity index (χ1) is 16.5. The maximum absolute atomic E-state index is 13.6. The molecule has 6 nitrogen and oxygen atoms in total. The van der Waals surface area contributed by atoms with Gasteiger partial charge in [0.2, 0.25) is 0 Å². The number of hydrogen-bond acceptors (Lipinski definition) is 5. The maximum atomic E-state index is 13.6. The van der Waals surface area contributed by atoms with Crippen LogP contribution in [-0.4, -0.2) is 32.6 Å². The molecule has 3 aromatic rings. The van der Waals surface area contributed by atoms with Crippen LogP contribution in [0.2, 0.25) is 0 Å². The van der Waals surface area contributed by atoms with Gasteiger partial charge in [0.05, 0.1) is 17.9 Å². The van der Waals surface area contributed by atoms with Crippen molar-refractivity contribution in [3.05, 3.63) is 65.7 Å². The van der Waals surface area contributed by atoms with Crippen LogP contribution >= 0.6 is 11.3 Å². The zero-order chi connectivity index (χ0) is 25.4. The summed E-state index contributed by atoms with van der Waals surface area (Å²) in [7, 11) is -4.03. The molecule has 186 valence electrons. The Labute approximate surface area is 204 Å². The van der Waals surface area contributed by atoms with E-state index >= 15 is 0 Å². The summed E-state index contributed by atoms with van der Waals surface area (Å²) in [6, 6.07) is 12.6. The fraction of sp³-hybridized carbons (Fsp3) is 0.292. The lowest BCUT2D eigenvalue weighted by Crippen LogP contribution is -2.29. The molecule has 0 bridgehead atoms. The Morgan fingerprint density at radius 3 is 2.63 bits per heavy atom. The van der Waals surface area contributed by atoms with E-state index in [-0.39, 0.29) is 35.1 Å². The Bertz CT molecular complexity index is 1350. The molecule has 0 spiro atoms. The van der Waals surface area contributed by atoms with Gasteiger partial charge in [0.25, 0.3) is 10.0 Å². The largest absolute Gasteiger partial charge is 0.494 e. The van der Waals surface area contributed by atoms with Crippen LogP contribution in [0.5, 0.6) is 5.75 Å². The molecule has 1 unspecified atom stereocenters. The Morgan fingerprint density at radius 2 is 1.94 bits per heavy atom. The third-order valence-electron chi connectivity index (χ3n) is 5.71. The summed E-state index contributed by atoms with van der Waals surface area (Å²) in [6.45, 7) is 2.32. The van der Waals surface area contributed by atoms with Crippen molar-refractivity contribution in [2.45, 2.75) is 36.1 Å². The van der Waals surface area contributed by atoms with Gasteiger partial charge in [-0.25, -0.2) is 8.42 Å². The van der Waals surface area contributed by atoms with Gasteiger partial charge in [0.15, 0.2) is 0 Å². The third-order valence-corrected chi connectivity index (χ3v) is 9.09. The molecule has 0 fully saturated rings.